The molecule has 2 unspecified atom stereocenters. The van der Waals surface area contributed by atoms with Crippen molar-refractivity contribution in [2.45, 2.75) is 12.5 Å². The van der Waals surface area contributed by atoms with E-state index in [0.29, 0.717) is 18.8 Å². The van der Waals surface area contributed by atoms with E-state index >= 15 is 0 Å². The van der Waals surface area contributed by atoms with E-state index in [0.717, 1.165) is 0 Å². The molecule has 1 aliphatic heterocycles. The first kappa shape index (κ1) is 17.8. The molecule has 8 heteroatoms. The van der Waals surface area contributed by atoms with Gasteiger partial charge in [-0.2, -0.15) is 0 Å². The van der Waals surface area contributed by atoms with Crippen LogP contribution in [0.5, 0.6) is 0 Å². The van der Waals surface area contributed by atoms with E-state index in [1.807, 2.05) is 0 Å². The molecular weight excluding hydrogens is 323 g/mol. The van der Waals surface area contributed by atoms with Gasteiger partial charge < -0.3 is 10.1 Å². The average Bonchev–Trinajstić information content (AvgIpc) is 2.87. The summed E-state index contributed by atoms with van der Waals surface area (Å²) in [6, 6.07) is 5.36. The van der Waals surface area contributed by atoms with Crippen molar-refractivity contribution in [1.82, 2.24) is 9.62 Å². The summed E-state index contributed by atoms with van der Waals surface area (Å²) in [7, 11) is -0.395. The van der Waals surface area contributed by atoms with Crippen LogP contribution in [0.1, 0.15) is 5.56 Å². The zero-order chi connectivity index (χ0) is 17.0. The third kappa shape index (κ3) is 4.98. The van der Waals surface area contributed by atoms with Crippen molar-refractivity contribution in [2.24, 2.45) is 5.92 Å². The zero-order valence-corrected chi connectivity index (χ0v) is 14.0. The van der Waals surface area contributed by atoms with Crippen LogP contribution in [0.3, 0.4) is 0 Å². The predicted octanol–water partition coefficient (Wildman–Crippen LogP) is 0.391. The summed E-state index contributed by atoms with van der Waals surface area (Å²) in [5, 5.41) is 2.81. The number of benzene rings is 1. The van der Waals surface area contributed by atoms with Gasteiger partial charge in [-0.25, -0.2) is 17.1 Å². The van der Waals surface area contributed by atoms with E-state index in [9.17, 15) is 17.6 Å². The highest BCUT2D eigenvalue weighted by atomic mass is 32.2. The number of halogens is 1. The molecule has 2 rings (SSSR count). The molecule has 0 spiro atoms. The molecule has 0 saturated carbocycles. The van der Waals surface area contributed by atoms with Crippen molar-refractivity contribution in [2.75, 3.05) is 33.1 Å². The summed E-state index contributed by atoms with van der Waals surface area (Å²) in [6.07, 6.45) is 0.115. The summed E-state index contributed by atoms with van der Waals surface area (Å²) in [6.45, 7) is 0.595. The lowest BCUT2D eigenvalue weighted by molar-refractivity contribution is -0.121. The van der Waals surface area contributed by atoms with Gasteiger partial charge in [-0.05, 0) is 17.7 Å². The lowest BCUT2D eigenvalue weighted by Gasteiger charge is -2.21. The fraction of sp³-hybridized carbons (Fsp3) is 0.533. The molecule has 1 heterocycles. The van der Waals surface area contributed by atoms with Crippen molar-refractivity contribution in [1.29, 1.82) is 0 Å². The fourth-order valence-electron chi connectivity index (χ4n) is 2.39. The average molecular weight is 344 g/mol. The quantitative estimate of drug-likeness (QED) is 0.810. The molecule has 128 valence electrons. The number of amides is 1. The summed E-state index contributed by atoms with van der Waals surface area (Å²) >= 11 is 0. The SMILES string of the molecule is CN(C)S(=O)(=O)CC1COCC1NC(=O)Cc1ccc(F)cc1. The number of nitrogens with one attached hydrogen (secondary N) is 1. The number of nitrogens with zero attached hydrogens (tertiary/aromatic N) is 1. The Morgan fingerprint density at radius 3 is 2.57 bits per heavy atom. The number of hydrogen-bond acceptors (Lipinski definition) is 4. The summed E-state index contributed by atoms with van der Waals surface area (Å²) in [5.41, 5.74) is 0.695. The van der Waals surface area contributed by atoms with E-state index in [2.05, 4.69) is 5.32 Å². The minimum Gasteiger partial charge on any atom is -0.379 e. The molecule has 1 aromatic carbocycles. The molecular formula is C15H21FN2O4S. The van der Waals surface area contributed by atoms with Crippen LogP contribution in [0.4, 0.5) is 4.39 Å². The molecule has 23 heavy (non-hydrogen) atoms. The Balaban J connectivity index is 1.93. The van der Waals surface area contributed by atoms with Gasteiger partial charge in [0.2, 0.25) is 15.9 Å². The maximum absolute atomic E-state index is 12.8. The first-order chi connectivity index (χ1) is 10.8. The molecule has 1 aliphatic rings. The smallest absolute Gasteiger partial charge is 0.224 e. The van der Waals surface area contributed by atoms with Gasteiger partial charge in [-0.15, -0.1) is 0 Å². The molecule has 1 saturated heterocycles. The third-order valence-corrected chi connectivity index (χ3v) is 5.77. The molecule has 0 radical (unpaired) electrons. The number of carbonyl (C=O) groups is 1. The normalized spacial score (nSPS) is 21.6. The Morgan fingerprint density at radius 2 is 1.96 bits per heavy atom. The van der Waals surface area contributed by atoms with Crippen LogP contribution >= 0.6 is 0 Å². The van der Waals surface area contributed by atoms with Crippen LogP contribution in [0.2, 0.25) is 0 Å². The van der Waals surface area contributed by atoms with Crippen LogP contribution < -0.4 is 5.32 Å². The van der Waals surface area contributed by atoms with E-state index in [1.54, 1.807) is 12.1 Å². The van der Waals surface area contributed by atoms with Gasteiger partial charge in [0.05, 0.1) is 31.4 Å². The Kier molecular flexibility index (Phi) is 5.72. The predicted molar refractivity (Wildman–Crippen MR) is 83.8 cm³/mol. The van der Waals surface area contributed by atoms with Crippen molar-refractivity contribution in [3.63, 3.8) is 0 Å². The van der Waals surface area contributed by atoms with Crippen LogP contribution in [-0.2, 0) is 26.0 Å². The maximum Gasteiger partial charge on any atom is 0.224 e. The van der Waals surface area contributed by atoms with Crippen LogP contribution in [-0.4, -0.2) is 57.7 Å². The van der Waals surface area contributed by atoms with Gasteiger partial charge in [0, 0.05) is 20.0 Å². The van der Waals surface area contributed by atoms with E-state index in [4.69, 9.17) is 4.74 Å². The van der Waals surface area contributed by atoms with Gasteiger partial charge in [0.1, 0.15) is 5.82 Å². The van der Waals surface area contributed by atoms with Gasteiger partial charge >= 0.3 is 0 Å². The second-order valence-corrected chi connectivity index (χ2v) is 8.06. The standard InChI is InChI=1S/C15H21FN2O4S/c1-18(2)23(20,21)10-12-8-22-9-14(12)17-15(19)7-11-3-5-13(16)6-4-11/h3-6,12,14H,7-10H2,1-2H3,(H,17,19). The molecule has 6 nitrogen and oxygen atoms in total. The van der Waals surface area contributed by atoms with Gasteiger partial charge in [0.15, 0.2) is 0 Å². The highest BCUT2D eigenvalue weighted by molar-refractivity contribution is 7.89. The second-order valence-electron chi connectivity index (χ2n) is 5.84. The molecule has 1 fully saturated rings. The first-order valence-corrected chi connectivity index (χ1v) is 8.90. The molecule has 0 aromatic heterocycles. The number of sulfonamides is 1. The maximum atomic E-state index is 12.8. The van der Waals surface area contributed by atoms with Crippen molar-refractivity contribution < 1.29 is 22.3 Å². The molecule has 0 bridgehead atoms. The lowest BCUT2D eigenvalue weighted by atomic mass is 10.1. The zero-order valence-electron chi connectivity index (χ0n) is 13.2. The minimum atomic E-state index is -3.35. The number of hydrogen-bond donors (Lipinski definition) is 1. The van der Waals surface area contributed by atoms with E-state index in [1.165, 1.54) is 30.5 Å². The number of rotatable bonds is 6. The minimum absolute atomic E-state index is 0.0680. The van der Waals surface area contributed by atoms with Gasteiger partial charge in [-0.3, -0.25) is 4.79 Å². The molecule has 1 amide bonds. The topological polar surface area (TPSA) is 75.7 Å². The highest BCUT2D eigenvalue weighted by Gasteiger charge is 2.34. The summed E-state index contributed by atoms with van der Waals surface area (Å²) < 4.78 is 43.3. The molecule has 1 aromatic rings. The molecule has 1 N–H and O–H groups in total. The Morgan fingerprint density at radius 1 is 1.30 bits per heavy atom. The number of carbonyl (C=O) groups excluding carboxylic acids is 1. The Labute approximate surface area is 135 Å². The van der Waals surface area contributed by atoms with Crippen molar-refractivity contribution in [3.8, 4) is 0 Å². The van der Waals surface area contributed by atoms with Gasteiger partial charge in [-0.1, -0.05) is 12.1 Å². The van der Waals surface area contributed by atoms with Crippen molar-refractivity contribution >= 4 is 15.9 Å². The van der Waals surface area contributed by atoms with Crippen LogP contribution in [0, 0.1) is 11.7 Å². The number of ether oxygens (including phenoxy) is 1. The third-order valence-electron chi connectivity index (χ3n) is 3.80. The van der Waals surface area contributed by atoms with Gasteiger partial charge in [0.25, 0.3) is 0 Å². The fourth-order valence-corrected chi connectivity index (χ4v) is 3.56. The molecule has 0 aliphatic carbocycles. The lowest BCUT2D eigenvalue weighted by Crippen LogP contribution is -2.44. The van der Waals surface area contributed by atoms with E-state index in [-0.39, 0.29) is 35.9 Å². The van der Waals surface area contributed by atoms with Crippen LogP contribution in [0.15, 0.2) is 24.3 Å². The van der Waals surface area contributed by atoms with Crippen LogP contribution in [0.25, 0.3) is 0 Å². The monoisotopic (exact) mass is 344 g/mol. The largest absolute Gasteiger partial charge is 0.379 e. The Bertz CT molecular complexity index is 646. The Hall–Kier alpha value is -1.51. The first-order valence-electron chi connectivity index (χ1n) is 7.29. The second kappa shape index (κ2) is 7.37. The van der Waals surface area contributed by atoms with E-state index < -0.39 is 10.0 Å². The highest BCUT2D eigenvalue weighted by Crippen LogP contribution is 2.17. The van der Waals surface area contributed by atoms with Crippen molar-refractivity contribution in [3.05, 3.63) is 35.6 Å². The summed E-state index contributed by atoms with van der Waals surface area (Å²) in [5.74, 6) is -0.937. The molecule has 2 atom stereocenters. The summed E-state index contributed by atoms with van der Waals surface area (Å²) in [4.78, 5) is 12.1.